The van der Waals surface area contributed by atoms with E-state index in [4.69, 9.17) is 9.47 Å². The second-order valence-corrected chi connectivity index (χ2v) is 7.49. The van der Waals surface area contributed by atoms with E-state index >= 15 is 0 Å². The molecule has 0 saturated carbocycles. The van der Waals surface area contributed by atoms with E-state index in [0.717, 1.165) is 47.0 Å². The Morgan fingerprint density at radius 2 is 1.90 bits per heavy atom. The highest BCUT2D eigenvalue weighted by atomic mass is 32.2. The molecule has 0 amide bonds. The summed E-state index contributed by atoms with van der Waals surface area (Å²) in [5, 5.41) is 3.59. The molecule has 2 unspecified atom stereocenters. The Morgan fingerprint density at radius 1 is 1.19 bits per heavy atom. The summed E-state index contributed by atoms with van der Waals surface area (Å²) in [6.45, 7) is 5.62. The van der Waals surface area contributed by atoms with Gasteiger partial charge in [-0.15, -0.1) is 0 Å². The first-order chi connectivity index (χ1) is 10.1. The van der Waals surface area contributed by atoms with Crippen LogP contribution in [0.4, 0.5) is 0 Å². The highest BCUT2D eigenvalue weighted by molar-refractivity contribution is 7.85. The van der Waals surface area contributed by atoms with E-state index in [2.05, 4.69) is 19.2 Å². The van der Waals surface area contributed by atoms with Gasteiger partial charge in [0.25, 0.3) is 0 Å². The average molecular weight is 309 g/mol. The van der Waals surface area contributed by atoms with Crippen molar-refractivity contribution in [1.82, 2.24) is 5.32 Å². The molecule has 2 aliphatic rings. The maximum Gasteiger partial charge on any atom is 0.162 e. The largest absolute Gasteiger partial charge is 0.490 e. The Labute approximate surface area is 128 Å². The number of benzene rings is 1. The molecule has 0 bridgehead atoms. The lowest BCUT2D eigenvalue weighted by atomic mass is 10.0. The first-order valence-corrected chi connectivity index (χ1v) is 9.05. The Balaban J connectivity index is 2.04. The normalized spacial score (nSPS) is 25.1. The summed E-state index contributed by atoms with van der Waals surface area (Å²) in [6, 6.07) is 4.61. The molecule has 2 heterocycles. The molecule has 2 atom stereocenters. The van der Waals surface area contributed by atoms with Crippen LogP contribution in [0, 0.1) is 0 Å². The zero-order valence-corrected chi connectivity index (χ0v) is 13.5. The van der Waals surface area contributed by atoms with Crippen molar-refractivity contribution in [2.45, 2.75) is 50.1 Å². The smallest absolute Gasteiger partial charge is 0.162 e. The summed E-state index contributed by atoms with van der Waals surface area (Å²) < 4.78 is 24.0. The van der Waals surface area contributed by atoms with E-state index in [9.17, 15) is 4.21 Å². The third kappa shape index (κ3) is 3.24. The van der Waals surface area contributed by atoms with Gasteiger partial charge in [0.2, 0.25) is 0 Å². The molecule has 0 spiro atoms. The molecular formula is C16H23NO3S. The lowest BCUT2D eigenvalue weighted by Crippen LogP contribution is -2.28. The second-order valence-electron chi connectivity index (χ2n) is 5.95. The Kier molecular flexibility index (Phi) is 4.50. The highest BCUT2D eigenvalue weighted by Crippen LogP contribution is 2.39. The number of hydrogen-bond acceptors (Lipinski definition) is 4. The summed E-state index contributed by atoms with van der Waals surface area (Å²) in [6.07, 6.45) is 2.87. The van der Waals surface area contributed by atoms with Gasteiger partial charge in [0.1, 0.15) is 0 Å². The van der Waals surface area contributed by atoms with Gasteiger partial charge in [-0.25, -0.2) is 0 Å². The van der Waals surface area contributed by atoms with Gasteiger partial charge in [-0.05, 0) is 24.5 Å². The van der Waals surface area contributed by atoms with E-state index in [1.807, 2.05) is 12.1 Å². The predicted octanol–water partition coefficient (Wildman–Crippen LogP) is 2.79. The monoisotopic (exact) mass is 309 g/mol. The van der Waals surface area contributed by atoms with Crippen molar-refractivity contribution in [3.8, 4) is 11.5 Å². The number of hydrogen-bond donors (Lipinski definition) is 1. The number of ether oxygens (including phenoxy) is 2. The second kappa shape index (κ2) is 6.36. The summed E-state index contributed by atoms with van der Waals surface area (Å²) in [5.41, 5.74) is 1.11. The van der Waals surface area contributed by atoms with E-state index in [-0.39, 0.29) is 6.04 Å². The van der Waals surface area contributed by atoms with Crippen LogP contribution in [0.5, 0.6) is 11.5 Å². The molecule has 1 N–H and O–H groups in total. The van der Waals surface area contributed by atoms with Crippen LogP contribution in [0.1, 0.15) is 44.7 Å². The van der Waals surface area contributed by atoms with Crippen LogP contribution in [0.2, 0.25) is 0 Å². The minimum absolute atomic E-state index is 0.239. The fourth-order valence-corrected chi connectivity index (χ4v) is 4.29. The number of fused-ring (bicyclic) bond motifs is 2. The van der Waals surface area contributed by atoms with Crippen molar-refractivity contribution in [2.24, 2.45) is 0 Å². The molecule has 5 heteroatoms. The minimum atomic E-state index is -0.947. The lowest BCUT2D eigenvalue weighted by molar-refractivity contribution is 0.296. The quantitative estimate of drug-likeness (QED) is 0.912. The Morgan fingerprint density at radius 3 is 2.62 bits per heavy atom. The molecule has 0 aromatic heterocycles. The van der Waals surface area contributed by atoms with Crippen molar-refractivity contribution in [2.75, 3.05) is 19.0 Å². The van der Waals surface area contributed by atoms with Gasteiger partial charge < -0.3 is 14.8 Å². The molecule has 4 nitrogen and oxygen atoms in total. The standard InChI is InChI=1S/C16H23NO3S/c1-11(2)17-13-5-3-8-21(18)16-10-15-14(9-12(13)16)19-6-4-7-20-15/h9-11,13,17H,3-8H2,1-2H3. The highest BCUT2D eigenvalue weighted by Gasteiger charge is 2.26. The van der Waals surface area contributed by atoms with Gasteiger partial charge in [-0.1, -0.05) is 13.8 Å². The fraction of sp³-hybridized carbons (Fsp3) is 0.625. The molecule has 0 saturated heterocycles. The van der Waals surface area contributed by atoms with Gasteiger partial charge in [0.15, 0.2) is 11.5 Å². The first kappa shape index (κ1) is 14.9. The average Bonchev–Trinajstić information content (AvgIpc) is 2.75. The summed E-state index contributed by atoms with van der Waals surface area (Å²) >= 11 is 0. The Hall–Kier alpha value is -1.07. The molecule has 0 aliphatic carbocycles. The lowest BCUT2D eigenvalue weighted by Gasteiger charge is -2.22. The van der Waals surface area contributed by atoms with Crippen LogP contribution in [0.3, 0.4) is 0 Å². The fourth-order valence-electron chi connectivity index (χ4n) is 2.93. The van der Waals surface area contributed by atoms with Gasteiger partial charge in [-0.2, -0.15) is 0 Å². The van der Waals surface area contributed by atoms with Crippen LogP contribution in [-0.2, 0) is 10.8 Å². The third-order valence-corrected chi connectivity index (χ3v) is 5.36. The van der Waals surface area contributed by atoms with Crippen LogP contribution >= 0.6 is 0 Å². The molecule has 0 fully saturated rings. The van der Waals surface area contributed by atoms with E-state index in [1.165, 1.54) is 0 Å². The van der Waals surface area contributed by atoms with Gasteiger partial charge in [-0.3, -0.25) is 4.21 Å². The molecule has 1 aromatic rings. The molecular weight excluding hydrogens is 286 g/mol. The molecule has 2 aliphatic heterocycles. The molecule has 0 radical (unpaired) electrons. The summed E-state index contributed by atoms with van der Waals surface area (Å²) in [7, 11) is -0.947. The van der Waals surface area contributed by atoms with E-state index < -0.39 is 10.8 Å². The summed E-state index contributed by atoms with van der Waals surface area (Å²) in [5.74, 6) is 2.26. The summed E-state index contributed by atoms with van der Waals surface area (Å²) in [4.78, 5) is 0.912. The molecule has 21 heavy (non-hydrogen) atoms. The first-order valence-electron chi connectivity index (χ1n) is 7.73. The number of nitrogens with one attached hydrogen (secondary N) is 1. The zero-order valence-electron chi connectivity index (χ0n) is 12.7. The molecule has 116 valence electrons. The van der Waals surface area contributed by atoms with Crippen LogP contribution in [0.25, 0.3) is 0 Å². The zero-order chi connectivity index (χ0) is 14.8. The third-order valence-electron chi connectivity index (χ3n) is 3.86. The maximum absolute atomic E-state index is 12.5. The van der Waals surface area contributed by atoms with Crippen molar-refractivity contribution < 1.29 is 13.7 Å². The van der Waals surface area contributed by atoms with E-state index in [1.54, 1.807) is 0 Å². The van der Waals surface area contributed by atoms with Crippen LogP contribution < -0.4 is 14.8 Å². The van der Waals surface area contributed by atoms with Crippen molar-refractivity contribution in [1.29, 1.82) is 0 Å². The van der Waals surface area contributed by atoms with Crippen LogP contribution in [-0.4, -0.2) is 29.2 Å². The maximum atomic E-state index is 12.5. The molecule has 3 rings (SSSR count). The Bertz CT molecular complexity index is 545. The van der Waals surface area contributed by atoms with Gasteiger partial charge >= 0.3 is 0 Å². The minimum Gasteiger partial charge on any atom is -0.490 e. The topological polar surface area (TPSA) is 47.6 Å². The van der Waals surface area contributed by atoms with E-state index in [0.29, 0.717) is 19.3 Å². The van der Waals surface area contributed by atoms with Crippen molar-refractivity contribution in [3.05, 3.63) is 17.7 Å². The van der Waals surface area contributed by atoms with Gasteiger partial charge in [0, 0.05) is 35.2 Å². The van der Waals surface area contributed by atoms with Crippen molar-refractivity contribution in [3.63, 3.8) is 0 Å². The predicted molar refractivity (Wildman–Crippen MR) is 83.6 cm³/mol. The van der Waals surface area contributed by atoms with Crippen molar-refractivity contribution >= 4 is 10.8 Å². The van der Waals surface area contributed by atoms with Gasteiger partial charge in [0.05, 0.1) is 24.0 Å². The SMILES string of the molecule is CC(C)NC1CCCS(=O)c2cc3c(cc21)OCCCO3. The number of rotatable bonds is 2. The van der Waals surface area contributed by atoms with Crippen LogP contribution in [0.15, 0.2) is 17.0 Å². The molecule has 1 aromatic carbocycles.